The Hall–Kier alpha value is -1.47. The first-order chi connectivity index (χ1) is 10.2. The molecule has 0 heterocycles. The lowest BCUT2D eigenvalue weighted by Crippen LogP contribution is -2.28. The van der Waals surface area contributed by atoms with Crippen LogP contribution in [-0.2, 0) is 9.53 Å². The predicted molar refractivity (Wildman–Crippen MR) is 90.7 cm³/mol. The van der Waals surface area contributed by atoms with Crippen molar-refractivity contribution in [1.29, 1.82) is 0 Å². The molecule has 0 bridgehead atoms. The molecule has 1 aromatic rings. The molecule has 22 heavy (non-hydrogen) atoms. The molecule has 1 atom stereocenters. The summed E-state index contributed by atoms with van der Waals surface area (Å²) >= 11 is 3.28. The largest absolute Gasteiger partial charge is 0.490 e. The summed E-state index contributed by atoms with van der Waals surface area (Å²) in [5.74, 6) is 1.51. The fourth-order valence-electron chi connectivity index (χ4n) is 1.08. The molecular formula is C14H21BrN2O4Si. The second-order valence-corrected chi connectivity index (χ2v) is 11.3. The van der Waals surface area contributed by atoms with E-state index in [2.05, 4.69) is 45.1 Å². The maximum atomic E-state index is 10.8. The van der Waals surface area contributed by atoms with Crippen molar-refractivity contribution in [2.45, 2.75) is 25.7 Å². The van der Waals surface area contributed by atoms with Crippen molar-refractivity contribution in [2.24, 2.45) is 0 Å². The van der Waals surface area contributed by atoms with Gasteiger partial charge in [-0.2, -0.15) is 4.79 Å². The summed E-state index contributed by atoms with van der Waals surface area (Å²) in [6.45, 7) is 6.19. The monoisotopic (exact) mass is 388 g/mol. The second kappa shape index (κ2) is 10.3. The molecule has 0 fully saturated rings. The fraction of sp³-hybridized carbons (Fsp3) is 0.429. The second-order valence-electron chi connectivity index (χ2n) is 5.41. The Morgan fingerprint density at radius 1 is 1.41 bits per heavy atom. The van der Waals surface area contributed by atoms with Crippen LogP contribution >= 0.6 is 15.9 Å². The molecule has 1 N–H and O–H groups in total. The van der Waals surface area contributed by atoms with E-state index in [1.54, 1.807) is 30.1 Å². The lowest BCUT2D eigenvalue weighted by Gasteiger charge is -2.10. The van der Waals surface area contributed by atoms with Gasteiger partial charge in [0.15, 0.2) is 14.2 Å². The first-order valence-corrected chi connectivity index (χ1v) is 10.9. The first kappa shape index (κ1) is 20.5. The van der Waals surface area contributed by atoms with Gasteiger partial charge < -0.3 is 20.1 Å². The van der Waals surface area contributed by atoms with Gasteiger partial charge in [0, 0.05) is 4.47 Å². The van der Waals surface area contributed by atoms with E-state index in [0.717, 1.165) is 4.47 Å². The van der Waals surface area contributed by atoms with E-state index in [-0.39, 0.29) is 6.61 Å². The topological polar surface area (TPSA) is 92.2 Å². The minimum absolute atomic E-state index is 0.117. The summed E-state index contributed by atoms with van der Waals surface area (Å²) in [7, 11) is 0.0146. The highest BCUT2D eigenvalue weighted by molar-refractivity contribution is 9.10. The van der Waals surface area contributed by atoms with Crippen molar-refractivity contribution in [3.8, 4) is 5.75 Å². The van der Waals surface area contributed by atoms with Crippen LogP contribution in [0.4, 0.5) is 0 Å². The molecule has 0 amide bonds. The molecule has 0 saturated heterocycles. The number of aliphatic hydroxyl groups excluding tert-OH is 1. The third-order valence-electron chi connectivity index (χ3n) is 2.14. The summed E-state index contributed by atoms with van der Waals surface area (Å²) in [6, 6.07) is 7.07. The van der Waals surface area contributed by atoms with Crippen LogP contribution in [0.15, 0.2) is 28.7 Å². The lowest BCUT2D eigenvalue weighted by molar-refractivity contribution is -0.151. The highest BCUT2D eigenvalue weighted by Crippen LogP contribution is 2.16. The number of ether oxygens (including phenoxy) is 2. The minimum Gasteiger partial charge on any atom is -0.490 e. The van der Waals surface area contributed by atoms with Gasteiger partial charge in [-0.3, -0.25) is 0 Å². The number of benzene rings is 1. The van der Waals surface area contributed by atoms with E-state index in [4.69, 9.17) is 10.3 Å². The molecule has 0 unspecified atom stereocenters. The fourth-order valence-corrected chi connectivity index (χ4v) is 1.69. The van der Waals surface area contributed by atoms with Crippen LogP contribution in [0.25, 0.3) is 5.53 Å². The van der Waals surface area contributed by atoms with Crippen molar-refractivity contribution in [3.05, 3.63) is 34.3 Å². The number of rotatable bonds is 5. The molecule has 0 aliphatic heterocycles. The van der Waals surface area contributed by atoms with Gasteiger partial charge in [0.25, 0.3) is 0 Å². The zero-order chi connectivity index (χ0) is 17.2. The molecule has 122 valence electrons. The zero-order valence-electron chi connectivity index (χ0n) is 13.1. The molecule has 0 radical (unpaired) electrons. The molecule has 1 aromatic carbocycles. The van der Waals surface area contributed by atoms with Gasteiger partial charge in [0.2, 0.25) is 5.84 Å². The zero-order valence-corrected chi connectivity index (χ0v) is 15.7. The molecule has 0 aliphatic carbocycles. The van der Waals surface area contributed by atoms with Gasteiger partial charge in [-0.25, -0.2) is 4.79 Å². The number of nitrogens with zero attached hydrogens (tertiary/aromatic N) is 2. The third-order valence-corrected chi connectivity index (χ3v) is 3.56. The quantitative estimate of drug-likeness (QED) is 0.275. The molecule has 6 nitrogen and oxygen atoms in total. The van der Waals surface area contributed by atoms with Crippen LogP contribution in [0.1, 0.15) is 0 Å². The van der Waals surface area contributed by atoms with E-state index in [1.807, 2.05) is 0 Å². The van der Waals surface area contributed by atoms with Crippen LogP contribution in [-0.4, -0.2) is 49.6 Å². The van der Waals surface area contributed by atoms with Crippen molar-refractivity contribution in [2.75, 3.05) is 13.7 Å². The third kappa shape index (κ3) is 10.3. The van der Waals surface area contributed by atoms with E-state index < -0.39 is 20.1 Å². The van der Waals surface area contributed by atoms with Gasteiger partial charge in [0.1, 0.15) is 12.4 Å². The van der Waals surface area contributed by atoms with Gasteiger partial charge in [-0.1, -0.05) is 35.6 Å². The van der Waals surface area contributed by atoms with Crippen molar-refractivity contribution in [3.63, 3.8) is 0 Å². The summed E-state index contributed by atoms with van der Waals surface area (Å²) < 4.78 is 10.5. The van der Waals surface area contributed by atoms with Crippen LogP contribution in [0.5, 0.6) is 5.75 Å². The molecular weight excluding hydrogens is 368 g/mol. The summed E-state index contributed by atoms with van der Waals surface area (Å²) in [6.07, 6.45) is -1.25. The predicted octanol–water partition coefficient (Wildman–Crippen LogP) is 2.53. The van der Waals surface area contributed by atoms with Gasteiger partial charge in [-0.15, -0.1) is 0 Å². The van der Waals surface area contributed by atoms with Gasteiger partial charge >= 0.3 is 5.97 Å². The van der Waals surface area contributed by atoms with Crippen LogP contribution < -0.4 is 4.74 Å². The number of hydrogen-bond donors (Lipinski definition) is 1. The SMILES string of the molecule is COC(=O)[C@H](O)COc1ccc(Br)cc1.C[Si](C)(C)C=[N+]=[N-]. The van der Waals surface area contributed by atoms with Crippen molar-refractivity contribution < 1.29 is 24.2 Å². The number of esters is 1. The Balaban J connectivity index is 0.000000534. The van der Waals surface area contributed by atoms with Gasteiger partial charge in [0.05, 0.1) is 7.11 Å². The normalized spacial score (nSPS) is 11.4. The van der Waals surface area contributed by atoms with Crippen LogP contribution in [0, 0.1) is 0 Å². The van der Waals surface area contributed by atoms with E-state index in [9.17, 15) is 9.90 Å². The highest BCUT2D eigenvalue weighted by atomic mass is 79.9. The maximum absolute atomic E-state index is 10.8. The summed E-state index contributed by atoms with van der Waals surface area (Å²) in [5.41, 5.74) is 8.01. The first-order valence-electron chi connectivity index (χ1n) is 6.52. The lowest BCUT2D eigenvalue weighted by atomic mass is 10.3. The molecule has 0 aliphatic rings. The number of aliphatic hydroxyl groups is 1. The maximum Gasteiger partial charge on any atom is 0.338 e. The van der Waals surface area contributed by atoms with Crippen LogP contribution in [0.2, 0.25) is 19.6 Å². The summed E-state index contributed by atoms with van der Waals surface area (Å²) in [4.78, 5) is 13.8. The molecule has 0 spiro atoms. The number of halogens is 1. The molecule has 1 rings (SSSR count). The average molecular weight is 389 g/mol. The Morgan fingerprint density at radius 3 is 2.32 bits per heavy atom. The highest BCUT2D eigenvalue weighted by Gasteiger charge is 2.15. The van der Waals surface area contributed by atoms with Gasteiger partial charge in [-0.05, 0) is 24.3 Å². The number of hydrogen-bond acceptors (Lipinski definition) is 4. The minimum atomic E-state index is -1.25. The van der Waals surface area contributed by atoms with Crippen molar-refractivity contribution >= 4 is 35.8 Å². The molecule has 0 aromatic heterocycles. The number of carbonyl (C=O) groups excluding carboxylic acids is 1. The van der Waals surface area contributed by atoms with Crippen molar-refractivity contribution in [1.82, 2.24) is 0 Å². The standard InChI is InChI=1S/C10H11BrO4.C4H10N2Si/c1-14-10(13)9(12)6-15-8-4-2-7(11)3-5-8;1-7(2,3)4-6-5/h2-5,9,12H,6H2,1H3;4H,1-3H3/t9-;/m1./s1. The smallest absolute Gasteiger partial charge is 0.338 e. The number of carbonyl (C=O) groups is 1. The molecule has 8 heteroatoms. The summed E-state index contributed by atoms with van der Waals surface area (Å²) in [5, 5.41) is 9.22. The molecule has 0 saturated carbocycles. The van der Waals surface area contributed by atoms with E-state index >= 15 is 0 Å². The Morgan fingerprint density at radius 2 is 1.95 bits per heavy atom. The average Bonchev–Trinajstić information content (AvgIpc) is 2.45. The Bertz CT molecular complexity index is 511. The Kier molecular flexibility index (Phi) is 9.60. The van der Waals surface area contributed by atoms with Crippen LogP contribution in [0.3, 0.4) is 0 Å². The number of methoxy groups -OCH3 is 1. The van der Waals surface area contributed by atoms with E-state index in [0.29, 0.717) is 5.75 Å². The van der Waals surface area contributed by atoms with E-state index in [1.165, 1.54) is 7.11 Å². The Labute approximate surface area is 139 Å².